The van der Waals surface area contributed by atoms with E-state index in [1.807, 2.05) is 0 Å². The molecule has 1 aromatic carbocycles. The molecule has 0 fully saturated rings. The number of alkyl halides is 3. The van der Waals surface area contributed by atoms with Gasteiger partial charge in [-0.2, -0.15) is 13.2 Å². The molecule has 0 bridgehead atoms. The number of methoxy groups -OCH3 is 1. The molecule has 0 radical (unpaired) electrons. The fourth-order valence-corrected chi connectivity index (χ4v) is 1.48. The summed E-state index contributed by atoms with van der Waals surface area (Å²) >= 11 is 0. The van der Waals surface area contributed by atoms with Crippen LogP contribution in [-0.2, 0) is 6.18 Å². The number of hydrogen-bond donors (Lipinski definition) is 0. The molecule has 0 aromatic heterocycles. The molecule has 0 unspecified atom stereocenters. The van der Waals surface area contributed by atoms with E-state index in [4.69, 9.17) is 0 Å². The van der Waals surface area contributed by atoms with Gasteiger partial charge in [0.2, 0.25) is 0 Å². The van der Waals surface area contributed by atoms with Gasteiger partial charge in [-0.25, -0.2) is 0 Å². The Balaban J connectivity index is 3.10. The molecule has 0 amide bonds. The first-order chi connectivity index (χ1) is 8.40. The number of allylic oxidation sites excluding steroid dienone is 1. The van der Waals surface area contributed by atoms with Crippen LogP contribution in [0.4, 0.5) is 13.2 Å². The van der Waals surface area contributed by atoms with Gasteiger partial charge in [0.05, 0.1) is 12.7 Å². The number of carbonyl (C=O) groups excluding carboxylic acids is 1. The van der Waals surface area contributed by atoms with Crippen molar-refractivity contribution in [2.24, 2.45) is 0 Å². The third-order valence-corrected chi connectivity index (χ3v) is 2.40. The highest BCUT2D eigenvalue weighted by Gasteiger charge is 2.34. The summed E-state index contributed by atoms with van der Waals surface area (Å²) in [6, 6.07) is 3.31. The van der Waals surface area contributed by atoms with Gasteiger partial charge < -0.3 is 4.74 Å². The van der Waals surface area contributed by atoms with E-state index in [-0.39, 0.29) is 23.5 Å². The molecule has 98 valence electrons. The zero-order valence-electron chi connectivity index (χ0n) is 9.88. The molecule has 0 N–H and O–H groups in total. The van der Waals surface area contributed by atoms with Crippen LogP contribution in [0.1, 0.15) is 28.8 Å². The number of ketones is 1. The van der Waals surface area contributed by atoms with Gasteiger partial charge in [-0.15, -0.1) is 6.58 Å². The molecule has 0 aliphatic heterocycles. The molecule has 0 spiro atoms. The Kier molecular flexibility index (Phi) is 4.53. The Labute approximate surface area is 103 Å². The number of ether oxygens (including phenoxy) is 1. The van der Waals surface area contributed by atoms with Crippen molar-refractivity contribution in [2.75, 3.05) is 7.11 Å². The third-order valence-electron chi connectivity index (χ3n) is 2.40. The van der Waals surface area contributed by atoms with Gasteiger partial charge in [-0.05, 0) is 24.6 Å². The second kappa shape index (κ2) is 5.71. The molecule has 0 aliphatic rings. The highest BCUT2D eigenvalue weighted by atomic mass is 19.4. The summed E-state index contributed by atoms with van der Waals surface area (Å²) in [5.41, 5.74) is -0.903. The molecule has 2 nitrogen and oxygen atoms in total. The molecule has 1 aromatic rings. The van der Waals surface area contributed by atoms with Crippen molar-refractivity contribution in [3.05, 3.63) is 42.0 Å². The van der Waals surface area contributed by atoms with Crippen molar-refractivity contribution in [2.45, 2.75) is 19.0 Å². The van der Waals surface area contributed by atoms with E-state index in [0.717, 1.165) is 19.2 Å². The van der Waals surface area contributed by atoms with E-state index in [9.17, 15) is 18.0 Å². The molecule has 1 rings (SSSR count). The highest BCUT2D eigenvalue weighted by Crippen LogP contribution is 2.36. The van der Waals surface area contributed by atoms with Crippen molar-refractivity contribution in [1.29, 1.82) is 0 Å². The third kappa shape index (κ3) is 3.35. The predicted octanol–water partition coefficient (Wildman–Crippen LogP) is 3.86. The van der Waals surface area contributed by atoms with E-state index < -0.39 is 11.7 Å². The van der Waals surface area contributed by atoms with Gasteiger partial charge in [0.25, 0.3) is 0 Å². The fraction of sp³-hybridized carbons (Fsp3) is 0.308. The van der Waals surface area contributed by atoms with Crippen LogP contribution < -0.4 is 4.74 Å². The summed E-state index contributed by atoms with van der Waals surface area (Å²) < 4.78 is 42.8. The standard InChI is InChI=1S/C13H13F3O2/c1-3-4-5-11(17)9-6-7-12(18-2)10(8-9)13(14,15)16/h3,6-8H,1,4-5H2,2H3. The quantitative estimate of drug-likeness (QED) is 0.592. The molecular formula is C13H13F3O2. The van der Waals surface area contributed by atoms with Gasteiger partial charge >= 0.3 is 6.18 Å². The van der Waals surface area contributed by atoms with Crippen LogP contribution in [0, 0.1) is 0 Å². The lowest BCUT2D eigenvalue weighted by Crippen LogP contribution is -2.09. The van der Waals surface area contributed by atoms with E-state index in [1.165, 1.54) is 6.07 Å². The molecule has 0 atom stereocenters. The molecular weight excluding hydrogens is 245 g/mol. The summed E-state index contributed by atoms with van der Waals surface area (Å²) in [5.74, 6) is -0.633. The first kappa shape index (κ1) is 14.3. The normalized spacial score (nSPS) is 11.1. The first-order valence-electron chi connectivity index (χ1n) is 5.29. The smallest absolute Gasteiger partial charge is 0.419 e. The van der Waals surface area contributed by atoms with E-state index in [2.05, 4.69) is 11.3 Å². The van der Waals surface area contributed by atoms with E-state index >= 15 is 0 Å². The Morgan fingerprint density at radius 3 is 2.61 bits per heavy atom. The molecule has 18 heavy (non-hydrogen) atoms. The summed E-state index contributed by atoms with van der Waals surface area (Å²) in [5, 5.41) is 0. The number of rotatable bonds is 5. The minimum Gasteiger partial charge on any atom is -0.496 e. The molecule has 0 heterocycles. The second-order valence-corrected chi connectivity index (χ2v) is 3.66. The minimum absolute atomic E-state index is 0.0324. The number of Topliss-reactive ketones (excluding diaryl/α,β-unsaturated/α-hetero) is 1. The lowest BCUT2D eigenvalue weighted by atomic mass is 10.0. The zero-order valence-corrected chi connectivity index (χ0v) is 9.88. The van der Waals surface area contributed by atoms with Crippen molar-refractivity contribution >= 4 is 5.78 Å². The van der Waals surface area contributed by atoms with Gasteiger partial charge in [0.15, 0.2) is 5.78 Å². The Hall–Kier alpha value is -1.78. The van der Waals surface area contributed by atoms with Crippen molar-refractivity contribution in [3.8, 4) is 5.75 Å². The maximum absolute atomic E-state index is 12.7. The molecule has 0 aliphatic carbocycles. The second-order valence-electron chi connectivity index (χ2n) is 3.66. The average Bonchev–Trinajstić information content (AvgIpc) is 2.34. The monoisotopic (exact) mass is 258 g/mol. The number of halogens is 3. The summed E-state index contributed by atoms with van der Waals surface area (Å²) in [7, 11) is 1.16. The predicted molar refractivity (Wildman–Crippen MR) is 61.8 cm³/mol. The van der Waals surface area contributed by atoms with Gasteiger partial charge in [0, 0.05) is 12.0 Å². The van der Waals surface area contributed by atoms with Crippen LogP contribution in [-0.4, -0.2) is 12.9 Å². The maximum Gasteiger partial charge on any atom is 0.419 e. The maximum atomic E-state index is 12.7. The van der Waals surface area contributed by atoms with Crippen molar-refractivity contribution < 1.29 is 22.7 Å². The summed E-state index contributed by atoms with van der Waals surface area (Å²) in [4.78, 5) is 11.6. The minimum atomic E-state index is -4.54. The van der Waals surface area contributed by atoms with Crippen LogP contribution in [0.5, 0.6) is 5.75 Å². The van der Waals surface area contributed by atoms with Crippen LogP contribution >= 0.6 is 0 Å². The fourth-order valence-electron chi connectivity index (χ4n) is 1.48. The molecule has 0 saturated heterocycles. The van der Waals surface area contributed by atoms with Gasteiger partial charge in [0.1, 0.15) is 5.75 Å². The largest absolute Gasteiger partial charge is 0.496 e. The number of hydrogen-bond acceptors (Lipinski definition) is 2. The summed E-state index contributed by atoms with van der Waals surface area (Å²) in [6.07, 6.45) is -2.41. The lowest BCUT2D eigenvalue weighted by molar-refractivity contribution is -0.138. The van der Waals surface area contributed by atoms with Crippen LogP contribution in [0.2, 0.25) is 0 Å². The van der Waals surface area contributed by atoms with Crippen molar-refractivity contribution in [1.82, 2.24) is 0 Å². The number of benzene rings is 1. The molecule has 5 heteroatoms. The van der Waals surface area contributed by atoms with Crippen LogP contribution in [0.3, 0.4) is 0 Å². The van der Waals surface area contributed by atoms with Crippen LogP contribution in [0.15, 0.2) is 30.9 Å². The highest BCUT2D eigenvalue weighted by molar-refractivity contribution is 5.96. The van der Waals surface area contributed by atoms with Crippen LogP contribution in [0.25, 0.3) is 0 Å². The first-order valence-corrected chi connectivity index (χ1v) is 5.29. The Morgan fingerprint density at radius 2 is 2.11 bits per heavy atom. The average molecular weight is 258 g/mol. The topological polar surface area (TPSA) is 26.3 Å². The van der Waals surface area contributed by atoms with E-state index in [0.29, 0.717) is 6.42 Å². The zero-order chi connectivity index (χ0) is 13.8. The van der Waals surface area contributed by atoms with Crippen molar-refractivity contribution in [3.63, 3.8) is 0 Å². The SMILES string of the molecule is C=CCCC(=O)c1ccc(OC)c(C(F)(F)F)c1. The molecule has 0 saturated carbocycles. The van der Waals surface area contributed by atoms with Gasteiger partial charge in [-0.1, -0.05) is 6.08 Å². The Bertz CT molecular complexity index is 450. The lowest BCUT2D eigenvalue weighted by Gasteiger charge is -2.12. The summed E-state index contributed by atoms with van der Waals surface area (Å²) in [6.45, 7) is 3.46. The Morgan fingerprint density at radius 1 is 1.44 bits per heavy atom. The van der Waals surface area contributed by atoms with E-state index in [1.54, 1.807) is 6.08 Å². The van der Waals surface area contributed by atoms with Gasteiger partial charge in [-0.3, -0.25) is 4.79 Å². The number of carbonyl (C=O) groups is 1.